The summed E-state index contributed by atoms with van der Waals surface area (Å²) in [6.45, 7) is 0. The van der Waals surface area contributed by atoms with E-state index in [1.807, 2.05) is 0 Å². The summed E-state index contributed by atoms with van der Waals surface area (Å²) in [4.78, 5) is 12.2. The molecule has 2 aromatic rings. The van der Waals surface area contributed by atoms with Crippen LogP contribution in [0.15, 0.2) is 48.5 Å². The zero-order valence-electron chi connectivity index (χ0n) is 15.3. The molecule has 2 aromatic carbocycles. The van der Waals surface area contributed by atoms with Crippen molar-refractivity contribution in [3.8, 4) is 11.5 Å². The van der Waals surface area contributed by atoms with Gasteiger partial charge in [-0.1, -0.05) is 23.7 Å². The lowest BCUT2D eigenvalue weighted by Crippen LogP contribution is -2.45. The first-order valence-electron chi connectivity index (χ1n) is 8.26. The van der Waals surface area contributed by atoms with Gasteiger partial charge in [-0.3, -0.25) is 4.79 Å². The average Bonchev–Trinajstić information content (AvgIpc) is 2.68. The van der Waals surface area contributed by atoms with Crippen LogP contribution < -0.4 is 14.8 Å². The predicted octanol–water partition coefficient (Wildman–Crippen LogP) is 6.32. The van der Waals surface area contributed by atoms with Gasteiger partial charge in [0.1, 0.15) is 11.5 Å². The molecule has 14 heteroatoms. The highest BCUT2D eigenvalue weighted by molar-refractivity contribution is 6.20. The second kappa shape index (κ2) is 9.35. The Hall–Kier alpha value is -2.83. The smallest absolute Gasteiger partial charge is 0.430 e. The van der Waals surface area contributed by atoms with Crippen LogP contribution in [0.2, 0.25) is 0 Å². The largest absolute Gasteiger partial charge is 0.444 e. The Bertz CT molecular complexity index is 936. The third kappa shape index (κ3) is 6.34. The van der Waals surface area contributed by atoms with E-state index in [1.165, 1.54) is 12.1 Å². The number of benzene rings is 2. The molecule has 0 saturated carbocycles. The average molecular weight is 496 g/mol. The lowest BCUT2D eigenvalue weighted by Gasteiger charge is -2.23. The lowest BCUT2D eigenvalue weighted by atomic mass is 10.2. The Morgan fingerprint density at radius 2 is 1.41 bits per heavy atom. The van der Waals surface area contributed by atoms with E-state index >= 15 is 0 Å². The minimum atomic E-state index is -5.87. The second-order valence-corrected chi connectivity index (χ2v) is 6.39. The Morgan fingerprint density at radius 1 is 0.844 bits per heavy atom. The number of carbonyl (C=O) groups is 1. The number of para-hydroxylation sites is 2. The molecule has 0 spiro atoms. The molecule has 176 valence electrons. The number of hydrogen-bond donors (Lipinski definition) is 1. The monoisotopic (exact) mass is 495 g/mol. The Kier molecular flexibility index (Phi) is 7.43. The maximum atomic E-state index is 13.4. The van der Waals surface area contributed by atoms with Gasteiger partial charge in [0.05, 0.1) is 5.69 Å². The van der Waals surface area contributed by atoms with Gasteiger partial charge in [0.25, 0.3) is 17.7 Å². The zero-order valence-corrected chi connectivity index (χ0v) is 16.0. The van der Waals surface area contributed by atoms with Gasteiger partial charge in [-0.15, -0.1) is 0 Å². The maximum Gasteiger partial charge on any atom is 0.444 e. The van der Waals surface area contributed by atoms with Gasteiger partial charge in [0.2, 0.25) is 0 Å². The molecule has 0 saturated heterocycles. The van der Waals surface area contributed by atoms with Crippen LogP contribution in [0.1, 0.15) is 10.4 Å². The number of amides is 1. The van der Waals surface area contributed by atoms with Gasteiger partial charge < -0.3 is 14.8 Å². The van der Waals surface area contributed by atoms with Crippen LogP contribution in [0, 0.1) is 0 Å². The first-order chi connectivity index (χ1) is 14.6. The summed E-state index contributed by atoms with van der Waals surface area (Å²) in [5.41, 5.74) is -3.82. The quantitative estimate of drug-likeness (QED) is 0.344. The van der Waals surface area contributed by atoms with E-state index < -0.39 is 47.6 Å². The van der Waals surface area contributed by atoms with Crippen molar-refractivity contribution >= 4 is 23.2 Å². The number of hydrogen-bond acceptors (Lipinski definition) is 3. The van der Waals surface area contributed by atoms with Gasteiger partial charge in [0.15, 0.2) is 0 Å². The summed E-state index contributed by atoms with van der Waals surface area (Å²) in [5.74, 6) is -2.54. The second-order valence-electron chi connectivity index (χ2n) is 6.01. The minimum Gasteiger partial charge on any atom is -0.430 e. The van der Waals surface area contributed by atoms with Crippen molar-refractivity contribution in [3.63, 3.8) is 0 Å². The number of ether oxygens (including phenoxy) is 2. The van der Waals surface area contributed by atoms with Gasteiger partial charge in [0, 0.05) is 5.56 Å². The van der Waals surface area contributed by atoms with Crippen LogP contribution in [-0.4, -0.2) is 36.1 Å². The zero-order chi connectivity index (χ0) is 24.3. The molecule has 2 unspecified atom stereocenters. The molecule has 1 N–H and O–H groups in total. The van der Waals surface area contributed by atoms with Crippen LogP contribution in [-0.2, 0) is 0 Å². The topological polar surface area (TPSA) is 47.6 Å². The van der Waals surface area contributed by atoms with E-state index in [1.54, 1.807) is 0 Å². The van der Waals surface area contributed by atoms with Crippen LogP contribution in [0.25, 0.3) is 0 Å². The molecule has 2 rings (SSSR count). The summed E-state index contributed by atoms with van der Waals surface area (Å²) in [6.07, 6.45) is -20.1. The highest BCUT2D eigenvalue weighted by Gasteiger charge is 2.59. The number of alkyl halides is 10. The van der Waals surface area contributed by atoms with E-state index in [0.29, 0.717) is 12.1 Å². The maximum absolute atomic E-state index is 13.4. The van der Waals surface area contributed by atoms with Gasteiger partial charge in [-0.05, 0) is 36.4 Å². The SMILES string of the molecule is O=C(Nc1ccccc1OC(F)(F)C(F)Cl)c1ccc(OC(F)(F)C(F)C(F)(F)F)cc1. The molecule has 0 aliphatic rings. The highest BCUT2D eigenvalue weighted by atomic mass is 35.5. The summed E-state index contributed by atoms with van der Waals surface area (Å²) >= 11 is 4.70. The van der Waals surface area contributed by atoms with Crippen molar-refractivity contribution in [1.82, 2.24) is 0 Å². The third-order valence-electron chi connectivity index (χ3n) is 3.59. The highest BCUT2D eigenvalue weighted by Crippen LogP contribution is 2.37. The number of halogens is 10. The molecule has 0 bridgehead atoms. The molecule has 4 nitrogen and oxygen atoms in total. The Morgan fingerprint density at radius 3 is 1.94 bits per heavy atom. The molecule has 2 atom stereocenters. The van der Waals surface area contributed by atoms with E-state index in [2.05, 4.69) is 14.8 Å². The summed E-state index contributed by atoms with van der Waals surface area (Å²) in [7, 11) is 0. The molecular weight excluding hydrogens is 485 g/mol. The van der Waals surface area contributed by atoms with Gasteiger partial charge in [-0.25, -0.2) is 8.78 Å². The molecular formula is C18H11ClF9NO3. The van der Waals surface area contributed by atoms with Crippen molar-refractivity contribution < 1.29 is 53.8 Å². The lowest BCUT2D eigenvalue weighted by molar-refractivity contribution is -0.304. The molecule has 0 heterocycles. The fourth-order valence-electron chi connectivity index (χ4n) is 2.12. The fraction of sp³-hybridized carbons (Fsp3) is 0.278. The van der Waals surface area contributed by atoms with Crippen LogP contribution >= 0.6 is 11.6 Å². The fourth-order valence-corrected chi connectivity index (χ4v) is 2.16. The molecule has 0 aliphatic heterocycles. The van der Waals surface area contributed by atoms with Crippen LogP contribution in [0.5, 0.6) is 11.5 Å². The van der Waals surface area contributed by atoms with E-state index in [-0.39, 0.29) is 11.3 Å². The number of carbonyl (C=O) groups excluding carboxylic acids is 1. The predicted molar refractivity (Wildman–Crippen MR) is 93.7 cm³/mol. The van der Waals surface area contributed by atoms with Gasteiger partial charge in [-0.2, -0.15) is 30.7 Å². The van der Waals surface area contributed by atoms with E-state index in [0.717, 1.165) is 24.3 Å². The molecule has 0 aliphatic carbocycles. The molecule has 0 fully saturated rings. The summed E-state index contributed by atoms with van der Waals surface area (Å²) in [6, 6.07) is 7.59. The normalized spacial score (nSPS) is 14.4. The first-order valence-corrected chi connectivity index (χ1v) is 8.70. The van der Waals surface area contributed by atoms with E-state index in [4.69, 9.17) is 11.6 Å². The van der Waals surface area contributed by atoms with Crippen LogP contribution in [0.3, 0.4) is 0 Å². The number of rotatable bonds is 8. The van der Waals surface area contributed by atoms with Crippen molar-refractivity contribution in [3.05, 3.63) is 54.1 Å². The van der Waals surface area contributed by atoms with E-state index in [9.17, 15) is 44.3 Å². The Labute approximate surface area is 178 Å². The van der Waals surface area contributed by atoms with Crippen LogP contribution in [0.4, 0.5) is 45.2 Å². The molecule has 0 aromatic heterocycles. The van der Waals surface area contributed by atoms with Crippen molar-refractivity contribution in [2.45, 2.75) is 30.2 Å². The molecule has 0 radical (unpaired) electrons. The third-order valence-corrected chi connectivity index (χ3v) is 3.84. The van der Waals surface area contributed by atoms with Crippen molar-refractivity contribution in [2.75, 3.05) is 5.32 Å². The summed E-state index contributed by atoms with van der Waals surface area (Å²) < 4.78 is 123. The molecule has 32 heavy (non-hydrogen) atoms. The number of anilines is 1. The molecule has 1 amide bonds. The minimum absolute atomic E-state index is 0.282. The standard InChI is InChI=1S/C18H11ClF9NO3/c19-15(21)18(27,28)32-12-4-2-1-3-11(12)29-13(30)9-5-7-10(8-6-9)31-17(25,26)14(20)16(22,23)24/h1-8,14-15H,(H,29,30). The van der Waals surface area contributed by atoms with Gasteiger partial charge >= 0.3 is 18.4 Å². The Balaban J connectivity index is 2.13. The summed E-state index contributed by atoms with van der Waals surface area (Å²) in [5, 5.41) is 2.13. The van der Waals surface area contributed by atoms with Crippen molar-refractivity contribution in [2.24, 2.45) is 0 Å². The number of nitrogens with one attached hydrogen (secondary N) is 1. The first kappa shape index (κ1) is 25.4. The van der Waals surface area contributed by atoms with Crippen molar-refractivity contribution in [1.29, 1.82) is 0 Å².